The number of hydrogen-bond acceptors (Lipinski definition) is 1. The van der Waals surface area contributed by atoms with E-state index in [9.17, 15) is 4.79 Å². The van der Waals surface area contributed by atoms with Crippen LogP contribution in [-0.2, 0) is 22.4 Å². The third-order valence-corrected chi connectivity index (χ3v) is 1.34. The van der Waals surface area contributed by atoms with Crippen LogP contribution in [0.5, 0.6) is 0 Å². The first kappa shape index (κ1) is 10.7. The first-order chi connectivity index (χ1) is 4.70. The molecule has 0 atom stereocenters. The van der Waals surface area contributed by atoms with Crippen LogP contribution in [-0.4, -0.2) is 11.1 Å². The first-order valence-electron chi connectivity index (χ1n) is 2.69. The number of hydrogen-bond donors (Lipinski definition) is 1. The summed E-state index contributed by atoms with van der Waals surface area (Å²) < 4.78 is 0. The second kappa shape index (κ2) is 4.57. The molecular formula is C7H5AgClO2. The van der Waals surface area contributed by atoms with Crippen LogP contribution in [0, 0.1) is 0 Å². The summed E-state index contributed by atoms with van der Waals surface area (Å²) in [5.74, 6) is -0.934. The molecule has 63 valence electrons. The van der Waals surface area contributed by atoms with Crippen molar-refractivity contribution in [3.8, 4) is 0 Å². The SMILES string of the molecule is O=C(O)c1ccc(Cl)cc1.[Ag]. The van der Waals surface area contributed by atoms with Crippen LogP contribution in [0.4, 0.5) is 0 Å². The number of carboxylic acids is 1. The van der Waals surface area contributed by atoms with E-state index in [-0.39, 0.29) is 27.9 Å². The molecule has 0 bridgehead atoms. The summed E-state index contributed by atoms with van der Waals surface area (Å²) in [6.07, 6.45) is 0. The van der Waals surface area contributed by atoms with Crippen molar-refractivity contribution in [2.75, 3.05) is 0 Å². The molecule has 1 aromatic rings. The van der Waals surface area contributed by atoms with Gasteiger partial charge in [-0.1, -0.05) is 11.6 Å². The maximum Gasteiger partial charge on any atom is 0.335 e. The molecule has 0 aromatic heterocycles. The normalized spacial score (nSPS) is 8.45. The van der Waals surface area contributed by atoms with E-state index in [0.29, 0.717) is 5.02 Å². The summed E-state index contributed by atoms with van der Waals surface area (Å²) in [6.45, 7) is 0. The maximum absolute atomic E-state index is 10.3. The molecule has 0 fully saturated rings. The van der Waals surface area contributed by atoms with Gasteiger partial charge in [-0.2, -0.15) is 0 Å². The third-order valence-electron chi connectivity index (χ3n) is 1.09. The quantitative estimate of drug-likeness (QED) is 0.788. The van der Waals surface area contributed by atoms with Gasteiger partial charge in [0, 0.05) is 27.4 Å². The fourth-order valence-electron chi connectivity index (χ4n) is 0.592. The van der Waals surface area contributed by atoms with E-state index in [1.54, 1.807) is 12.1 Å². The molecule has 0 spiro atoms. The fraction of sp³-hybridized carbons (Fsp3) is 0. The molecule has 1 aromatic carbocycles. The zero-order valence-corrected chi connectivity index (χ0v) is 7.58. The zero-order chi connectivity index (χ0) is 7.56. The molecule has 1 radical (unpaired) electrons. The summed E-state index contributed by atoms with van der Waals surface area (Å²) in [4.78, 5) is 10.3. The van der Waals surface area contributed by atoms with Gasteiger partial charge in [0.1, 0.15) is 0 Å². The van der Waals surface area contributed by atoms with E-state index in [0.717, 1.165) is 0 Å². The second-order valence-corrected chi connectivity index (χ2v) is 2.25. The van der Waals surface area contributed by atoms with E-state index >= 15 is 0 Å². The van der Waals surface area contributed by atoms with Gasteiger partial charge in [0.05, 0.1) is 5.56 Å². The van der Waals surface area contributed by atoms with Crippen LogP contribution < -0.4 is 0 Å². The number of benzene rings is 1. The van der Waals surface area contributed by atoms with Gasteiger partial charge in [0.15, 0.2) is 0 Å². The van der Waals surface area contributed by atoms with Gasteiger partial charge in [-0.05, 0) is 24.3 Å². The third kappa shape index (κ3) is 3.08. The molecule has 4 heteroatoms. The molecule has 11 heavy (non-hydrogen) atoms. The molecule has 0 aliphatic carbocycles. The van der Waals surface area contributed by atoms with Crippen LogP contribution in [0.25, 0.3) is 0 Å². The van der Waals surface area contributed by atoms with Crippen molar-refractivity contribution >= 4 is 17.6 Å². The van der Waals surface area contributed by atoms with E-state index in [4.69, 9.17) is 16.7 Å². The number of carboxylic acid groups (broad SMARTS) is 1. The fourth-order valence-corrected chi connectivity index (χ4v) is 0.718. The van der Waals surface area contributed by atoms with Crippen molar-refractivity contribution in [2.45, 2.75) is 0 Å². The van der Waals surface area contributed by atoms with Gasteiger partial charge in [-0.3, -0.25) is 0 Å². The Hall–Kier alpha value is -0.280. The molecule has 2 nitrogen and oxygen atoms in total. The van der Waals surface area contributed by atoms with Crippen LogP contribution in [0.3, 0.4) is 0 Å². The smallest absolute Gasteiger partial charge is 0.335 e. The maximum atomic E-state index is 10.3. The molecule has 0 aliphatic heterocycles. The summed E-state index contributed by atoms with van der Waals surface area (Å²) in [6, 6.07) is 6.02. The number of carbonyl (C=O) groups is 1. The standard InChI is InChI=1S/C7H5ClO2.Ag/c8-6-3-1-5(2-4-6)7(9)10;/h1-4H,(H,9,10);. The second-order valence-electron chi connectivity index (χ2n) is 1.81. The molecular weight excluding hydrogens is 259 g/mol. The van der Waals surface area contributed by atoms with Gasteiger partial charge in [0.25, 0.3) is 0 Å². The van der Waals surface area contributed by atoms with Crippen molar-refractivity contribution in [2.24, 2.45) is 0 Å². The van der Waals surface area contributed by atoms with Crippen LogP contribution >= 0.6 is 11.6 Å². The summed E-state index contributed by atoms with van der Waals surface area (Å²) >= 11 is 5.52. The Morgan fingerprint density at radius 1 is 1.27 bits per heavy atom. The van der Waals surface area contributed by atoms with Gasteiger partial charge in [0.2, 0.25) is 0 Å². The Morgan fingerprint density at radius 2 is 1.73 bits per heavy atom. The predicted molar refractivity (Wildman–Crippen MR) is 38.4 cm³/mol. The Labute approximate surface area is 84.7 Å². The summed E-state index contributed by atoms with van der Waals surface area (Å²) in [5.41, 5.74) is 0.254. The van der Waals surface area contributed by atoms with E-state index < -0.39 is 5.97 Å². The van der Waals surface area contributed by atoms with Gasteiger partial charge in [-0.25, -0.2) is 4.79 Å². The average Bonchev–Trinajstić information content (AvgIpc) is 1.88. The predicted octanol–water partition coefficient (Wildman–Crippen LogP) is 2.04. The monoisotopic (exact) mass is 263 g/mol. The minimum absolute atomic E-state index is 0. The number of aromatic carboxylic acids is 1. The Balaban J connectivity index is 0.000001000. The molecule has 1 N–H and O–H groups in total. The zero-order valence-electron chi connectivity index (χ0n) is 5.34. The minimum atomic E-state index is -0.934. The minimum Gasteiger partial charge on any atom is -0.478 e. The van der Waals surface area contributed by atoms with Gasteiger partial charge < -0.3 is 5.11 Å². The van der Waals surface area contributed by atoms with E-state index in [1.807, 2.05) is 0 Å². The Morgan fingerprint density at radius 3 is 2.09 bits per heavy atom. The number of rotatable bonds is 1. The van der Waals surface area contributed by atoms with Crippen molar-refractivity contribution in [3.05, 3.63) is 34.9 Å². The molecule has 0 aliphatic rings. The van der Waals surface area contributed by atoms with Gasteiger partial charge >= 0.3 is 5.97 Å². The van der Waals surface area contributed by atoms with E-state index in [2.05, 4.69) is 0 Å². The molecule has 0 saturated carbocycles. The molecule has 0 saturated heterocycles. The topological polar surface area (TPSA) is 37.3 Å². The van der Waals surface area contributed by atoms with E-state index in [1.165, 1.54) is 12.1 Å². The van der Waals surface area contributed by atoms with Crippen LogP contribution in [0.2, 0.25) is 5.02 Å². The molecule has 1 rings (SSSR count). The van der Waals surface area contributed by atoms with Crippen LogP contribution in [0.15, 0.2) is 24.3 Å². The van der Waals surface area contributed by atoms with Crippen molar-refractivity contribution in [1.29, 1.82) is 0 Å². The Kier molecular flexibility index (Phi) is 4.45. The number of halogens is 1. The molecule has 0 heterocycles. The average molecular weight is 264 g/mol. The van der Waals surface area contributed by atoms with Crippen LogP contribution in [0.1, 0.15) is 10.4 Å². The van der Waals surface area contributed by atoms with Crippen molar-refractivity contribution < 1.29 is 32.3 Å². The molecule has 0 unspecified atom stereocenters. The summed E-state index contributed by atoms with van der Waals surface area (Å²) in [5, 5.41) is 8.98. The largest absolute Gasteiger partial charge is 0.478 e. The van der Waals surface area contributed by atoms with Crippen molar-refractivity contribution in [1.82, 2.24) is 0 Å². The van der Waals surface area contributed by atoms with Crippen molar-refractivity contribution in [3.63, 3.8) is 0 Å². The molecule has 0 amide bonds. The Bertz CT molecular complexity index is 245. The van der Waals surface area contributed by atoms with Gasteiger partial charge in [-0.15, -0.1) is 0 Å². The summed E-state index contributed by atoms with van der Waals surface area (Å²) in [7, 11) is 0. The first-order valence-corrected chi connectivity index (χ1v) is 3.07.